The van der Waals surface area contributed by atoms with Crippen molar-refractivity contribution >= 4 is 63.9 Å². The van der Waals surface area contributed by atoms with E-state index >= 15 is 4.79 Å². The molecule has 2 aliphatic carbocycles. The summed E-state index contributed by atoms with van der Waals surface area (Å²) in [6.45, 7) is 11.6. The van der Waals surface area contributed by atoms with Gasteiger partial charge in [-0.15, -0.1) is 0 Å². The summed E-state index contributed by atoms with van der Waals surface area (Å²) >= 11 is 1.97. The monoisotopic (exact) mass is 968 g/mol. The lowest BCUT2D eigenvalue weighted by atomic mass is 9.73. The van der Waals surface area contributed by atoms with Crippen LogP contribution in [0.15, 0.2) is 48.9 Å². The van der Waals surface area contributed by atoms with Crippen LogP contribution in [0.3, 0.4) is 0 Å². The van der Waals surface area contributed by atoms with E-state index in [-0.39, 0.29) is 41.6 Å². The third-order valence-corrected chi connectivity index (χ3v) is 18.7. The number of carbonyl (C=O) groups excluding carboxylic acids is 4. The highest BCUT2D eigenvalue weighted by molar-refractivity contribution is 7.97. The second-order valence-corrected chi connectivity index (χ2v) is 23.4. The highest BCUT2D eigenvalue weighted by Gasteiger charge is 2.56. The van der Waals surface area contributed by atoms with Crippen LogP contribution in [0.1, 0.15) is 133 Å². The predicted octanol–water partition coefficient (Wildman–Crippen LogP) is 7.42. The lowest BCUT2D eigenvalue weighted by Crippen LogP contribution is -2.58. The standard InChI is InChI=1S/C54H69N11O4S/c1-34(2)64-33-56-45-31-44(58-50(49(45)64)57-38-8-9-38)36-6-11-43-46(28-36)65(40-29-39(30-40)60-20-4-3-5-21-60)53(69)54(43)18-26-63(27-19-54)70-41-16-24-62(25-17-41)52(68)35-14-22-61(23-15-35)47-12-7-37(32-55-47)42-10-13-48(66)59-51(42)67/h6-7,11-12,28,31-35,38-42H,3-5,8-10,13-27,29-30H2,1-2H3,(H,57,58)(H,59,66,67). The first-order valence-corrected chi connectivity index (χ1v) is 27.5. The van der Waals surface area contributed by atoms with Crippen molar-refractivity contribution in [3.8, 4) is 11.3 Å². The van der Waals surface area contributed by atoms with Crippen LogP contribution in [0.4, 0.5) is 17.3 Å². The van der Waals surface area contributed by atoms with E-state index in [1.54, 1.807) is 6.20 Å². The zero-order valence-electron chi connectivity index (χ0n) is 41.0. The number of piperidine rings is 5. The number of pyridine rings is 2. The van der Waals surface area contributed by atoms with Crippen LogP contribution in [-0.2, 0) is 24.6 Å². The zero-order valence-corrected chi connectivity index (χ0v) is 41.8. The number of rotatable bonds is 11. The number of fused-ring (bicyclic) bond motifs is 3. The Morgan fingerprint density at radius 1 is 0.829 bits per heavy atom. The number of imide groups is 1. The van der Waals surface area contributed by atoms with E-state index in [4.69, 9.17) is 9.97 Å². The van der Waals surface area contributed by atoms with Crippen LogP contribution in [-0.4, -0.2) is 133 Å². The van der Waals surface area contributed by atoms with Gasteiger partial charge in [-0.1, -0.05) is 36.6 Å². The van der Waals surface area contributed by atoms with Gasteiger partial charge < -0.3 is 29.5 Å². The van der Waals surface area contributed by atoms with Crippen molar-refractivity contribution in [2.45, 2.75) is 151 Å². The molecule has 8 aliphatic rings. The third-order valence-electron chi connectivity index (χ3n) is 17.3. The molecule has 16 heteroatoms. The minimum absolute atomic E-state index is 0.0239. The summed E-state index contributed by atoms with van der Waals surface area (Å²) in [6, 6.07) is 14.3. The Labute approximate surface area is 416 Å². The van der Waals surface area contributed by atoms with Crippen LogP contribution in [0.2, 0.25) is 0 Å². The fraction of sp³-hybridized carbons (Fsp3) is 0.611. The first-order valence-electron chi connectivity index (χ1n) is 26.7. The smallest absolute Gasteiger partial charge is 0.238 e. The topological polar surface area (TPSA) is 152 Å². The number of nitrogens with one attached hydrogen (secondary N) is 2. The summed E-state index contributed by atoms with van der Waals surface area (Å²) in [7, 11) is 0. The Kier molecular flexibility index (Phi) is 12.4. The third kappa shape index (κ3) is 8.66. The molecule has 1 unspecified atom stereocenters. The largest absolute Gasteiger partial charge is 0.366 e. The van der Waals surface area contributed by atoms with Gasteiger partial charge in [0.15, 0.2) is 5.82 Å². The van der Waals surface area contributed by atoms with Crippen LogP contribution < -0.4 is 20.4 Å². The van der Waals surface area contributed by atoms with Gasteiger partial charge in [0.1, 0.15) is 11.3 Å². The normalized spacial score (nSPS) is 26.0. The number of benzene rings is 1. The Balaban J connectivity index is 0.683. The number of aromatic nitrogens is 4. The molecule has 370 valence electrons. The van der Waals surface area contributed by atoms with Crippen LogP contribution >= 0.6 is 11.9 Å². The molecule has 4 amide bonds. The number of amides is 4. The lowest BCUT2D eigenvalue weighted by molar-refractivity contribution is -0.137. The maximum absolute atomic E-state index is 15.2. The second kappa shape index (κ2) is 18.8. The van der Waals surface area contributed by atoms with Gasteiger partial charge >= 0.3 is 0 Å². The molecule has 70 heavy (non-hydrogen) atoms. The molecule has 15 nitrogen and oxygen atoms in total. The van der Waals surface area contributed by atoms with Gasteiger partial charge in [-0.05, 0) is 140 Å². The Bertz CT molecular complexity index is 2630. The van der Waals surface area contributed by atoms with E-state index in [9.17, 15) is 14.4 Å². The van der Waals surface area contributed by atoms with Gasteiger partial charge in [0, 0.05) is 98.5 Å². The predicted molar refractivity (Wildman–Crippen MR) is 274 cm³/mol. The van der Waals surface area contributed by atoms with Gasteiger partial charge in [-0.3, -0.25) is 28.8 Å². The van der Waals surface area contributed by atoms with E-state index in [1.165, 1.54) is 37.9 Å². The molecule has 1 spiro atoms. The number of imidazole rings is 1. The number of carbonyl (C=O) groups is 4. The van der Waals surface area contributed by atoms with Crippen molar-refractivity contribution in [2.75, 3.05) is 67.5 Å². The first-order chi connectivity index (χ1) is 34.1. The van der Waals surface area contributed by atoms with E-state index in [0.29, 0.717) is 36.1 Å². The van der Waals surface area contributed by atoms with Crippen molar-refractivity contribution in [1.82, 2.24) is 38.9 Å². The molecular weight excluding hydrogens is 899 g/mol. The highest BCUT2D eigenvalue weighted by Crippen LogP contribution is 2.53. The quantitative estimate of drug-likeness (QED) is 0.114. The summed E-state index contributed by atoms with van der Waals surface area (Å²) in [5.41, 5.74) is 6.55. The van der Waals surface area contributed by atoms with E-state index in [2.05, 4.69) is 82.2 Å². The molecule has 0 radical (unpaired) electrons. The molecular formula is C54H69N11O4S. The lowest BCUT2D eigenvalue weighted by Gasteiger charge is -2.48. The molecule has 12 rings (SSSR count). The SMILES string of the molecule is CC(C)n1cnc2cc(-c3ccc4c(c3)N(C3CC(N5CCCCC5)C3)C(=O)C43CCN(SC4CCN(C(=O)C5CCN(c6ccc(C7CCC(=O)NC7=O)cn6)CC5)CC4)CC3)nc(NC3CC3)c21. The maximum Gasteiger partial charge on any atom is 0.238 e. The average molecular weight is 968 g/mol. The average Bonchev–Trinajstić information content (AvgIpc) is 4.03. The molecule has 3 aromatic heterocycles. The van der Waals surface area contributed by atoms with Crippen LogP contribution in [0.25, 0.3) is 22.3 Å². The molecule has 4 aromatic rings. The molecule has 5 saturated heterocycles. The minimum Gasteiger partial charge on any atom is -0.366 e. The van der Waals surface area contributed by atoms with Crippen molar-refractivity contribution in [3.05, 3.63) is 60.0 Å². The fourth-order valence-electron chi connectivity index (χ4n) is 12.9. The van der Waals surface area contributed by atoms with Gasteiger partial charge in [0.25, 0.3) is 0 Å². The van der Waals surface area contributed by atoms with Gasteiger partial charge in [-0.2, -0.15) is 0 Å². The second-order valence-electron chi connectivity index (χ2n) is 22.0. The maximum atomic E-state index is 15.2. The van der Waals surface area contributed by atoms with E-state index in [1.807, 2.05) is 30.4 Å². The fourth-order valence-corrected chi connectivity index (χ4v) is 14.1. The molecule has 9 heterocycles. The molecule has 2 saturated carbocycles. The van der Waals surface area contributed by atoms with Crippen molar-refractivity contribution < 1.29 is 19.2 Å². The molecule has 6 aliphatic heterocycles. The Hall–Kier alpha value is -5.06. The van der Waals surface area contributed by atoms with Gasteiger partial charge in [-0.25, -0.2) is 15.0 Å². The molecule has 2 N–H and O–H groups in total. The Morgan fingerprint density at radius 2 is 1.60 bits per heavy atom. The molecule has 0 bridgehead atoms. The summed E-state index contributed by atoms with van der Waals surface area (Å²) in [4.78, 5) is 77.1. The number of nitrogens with zero attached hydrogens (tertiary/aromatic N) is 9. The Morgan fingerprint density at radius 3 is 2.30 bits per heavy atom. The van der Waals surface area contributed by atoms with Gasteiger partial charge in [0.2, 0.25) is 23.6 Å². The van der Waals surface area contributed by atoms with Gasteiger partial charge in [0.05, 0.1) is 28.9 Å². The minimum atomic E-state index is -0.520. The zero-order chi connectivity index (χ0) is 47.7. The summed E-state index contributed by atoms with van der Waals surface area (Å²) in [6.07, 6.45) is 18.0. The van der Waals surface area contributed by atoms with Crippen LogP contribution in [0.5, 0.6) is 0 Å². The summed E-state index contributed by atoms with van der Waals surface area (Å²) < 4.78 is 4.74. The summed E-state index contributed by atoms with van der Waals surface area (Å²) in [5, 5.41) is 6.62. The van der Waals surface area contributed by atoms with Crippen molar-refractivity contribution in [2.24, 2.45) is 5.92 Å². The number of hydrogen-bond acceptors (Lipinski definition) is 12. The number of hydrogen-bond donors (Lipinski definition) is 2. The van der Waals surface area contributed by atoms with E-state index in [0.717, 1.165) is 149 Å². The van der Waals surface area contributed by atoms with Crippen molar-refractivity contribution in [3.63, 3.8) is 0 Å². The highest BCUT2D eigenvalue weighted by atomic mass is 32.2. The number of anilines is 3. The first kappa shape index (κ1) is 46.0. The molecule has 7 fully saturated rings. The number of likely N-dealkylation sites (tertiary alicyclic amines) is 2. The summed E-state index contributed by atoms with van der Waals surface area (Å²) in [5.74, 6) is 1.58. The molecule has 1 aromatic carbocycles. The van der Waals surface area contributed by atoms with Crippen LogP contribution in [0, 0.1) is 5.92 Å². The van der Waals surface area contributed by atoms with E-state index < -0.39 is 5.41 Å². The molecule has 1 atom stereocenters. The van der Waals surface area contributed by atoms with Crippen molar-refractivity contribution in [1.29, 1.82) is 0 Å².